The van der Waals surface area contributed by atoms with Crippen LogP contribution in [0.5, 0.6) is 0 Å². The van der Waals surface area contributed by atoms with Gasteiger partial charge in [-0.2, -0.15) is 0 Å². The van der Waals surface area contributed by atoms with Gasteiger partial charge >= 0.3 is 0 Å². The number of allylic oxidation sites excluding steroid dienone is 1. The van der Waals surface area contributed by atoms with Gasteiger partial charge in [0, 0.05) is 18.2 Å². The second kappa shape index (κ2) is 8.75. The average Bonchev–Trinajstić information content (AvgIpc) is 2.81. The van der Waals surface area contributed by atoms with E-state index in [1.165, 1.54) is 0 Å². The van der Waals surface area contributed by atoms with E-state index in [-0.39, 0.29) is 17.9 Å². The van der Waals surface area contributed by atoms with E-state index in [1.54, 1.807) is 18.9 Å². The fourth-order valence-electron chi connectivity index (χ4n) is 2.85. The minimum atomic E-state index is -0.525. The molecule has 0 aromatic carbocycles. The maximum atomic E-state index is 13.1. The highest BCUT2D eigenvalue weighted by Crippen LogP contribution is 2.30. The lowest BCUT2D eigenvalue weighted by Crippen LogP contribution is -2.50. The van der Waals surface area contributed by atoms with Gasteiger partial charge in [0.05, 0.1) is 13.2 Å². The lowest BCUT2D eigenvalue weighted by molar-refractivity contribution is -0.136. The number of ether oxygens (including phenoxy) is 1. The number of hydrogen-bond acceptors (Lipinski definition) is 3. The number of carbonyl (C=O) groups is 2. The van der Waals surface area contributed by atoms with Crippen LogP contribution in [0, 0.1) is 5.92 Å². The van der Waals surface area contributed by atoms with Gasteiger partial charge in [-0.05, 0) is 18.8 Å². The molecule has 1 heterocycles. The first-order chi connectivity index (χ1) is 10.8. The number of rotatable bonds is 8. The molecular formula is C18H30N2O3. The molecule has 2 atom stereocenters. The highest BCUT2D eigenvalue weighted by Gasteiger charge is 2.37. The quantitative estimate of drug-likeness (QED) is 0.747. The first-order valence-electron chi connectivity index (χ1n) is 8.42. The van der Waals surface area contributed by atoms with Crippen molar-refractivity contribution in [1.82, 2.24) is 10.2 Å². The summed E-state index contributed by atoms with van der Waals surface area (Å²) < 4.78 is 5.41. The van der Waals surface area contributed by atoms with Crippen LogP contribution in [-0.2, 0) is 14.3 Å². The van der Waals surface area contributed by atoms with Crippen LogP contribution in [0.15, 0.2) is 24.1 Å². The zero-order chi connectivity index (χ0) is 17.6. The lowest BCUT2D eigenvalue weighted by Gasteiger charge is -2.31. The minimum Gasteiger partial charge on any atom is -0.499 e. The summed E-state index contributed by atoms with van der Waals surface area (Å²) in [6, 6.07) is -0.652. The van der Waals surface area contributed by atoms with Crippen LogP contribution >= 0.6 is 0 Å². The Kier molecular flexibility index (Phi) is 7.33. The third kappa shape index (κ3) is 4.85. The van der Waals surface area contributed by atoms with Gasteiger partial charge in [-0.25, -0.2) is 0 Å². The Hall–Kier alpha value is -1.78. The van der Waals surface area contributed by atoms with Gasteiger partial charge < -0.3 is 15.0 Å². The van der Waals surface area contributed by atoms with Crippen LogP contribution in [-0.4, -0.2) is 35.9 Å². The van der Waals surface area contributed by atoms with Gasteiger partial charge in [0.25, 0.3) is 0 Å². The van der Waals surface area contributed by atoms with Crippen molar-refractivity contribution in [3.8, 4) is 0 Å². The predicted molar refractivity (Wildman–Crippen MR) is 91.5 cm³/mol. The SMILES string of the molecule is C=C1C=C(OC)[C@@H](CCC)N1C(=O)[C@H](CC(C)C)NC(=O)CC. The van der Waals surface area contributed by atoms with E-state index in [0.717, 1.165) is 18.6 Å². The molecule has 130 valence electrons. The number of carbonyl (C=O) groups excluding carboxylic acids is 2. The predicted octanol–water partition coefficient (Wildman–Crippen LogP) is 2.98. The fourth-order valence-corrected chi connectivity index (χ4v) is 2.85. The molecule has 0 saturated heterocycles. The van der Waals surface area contributed by atoms with Crippen molar-refractivity contribution in [2.24, 2.45) is 5.92 Å². The molecule has 0 aliphatic carbocycles. The summed E-state index contributed by atoms with van der Waals surface area (Å²) in [5.74, 6) is 0.847. The number of nitrogens with zero attached hydrogens (tertiary/aromatic N) is 1. The molecule has 23 heavy (non-hydrogen) atoms. The summed E-state index contributed by atoms with van der Waals surface area (Å²) in [5, 5.41) is 2.86. The molecule has 0 bridgehead atoms. The Labute approximate surface area is 139 Å². The molecule has 1 N–H and O–H groups in total. The second-order valence-corrected chi connectivity index (χ2v) is 6.36. The van der Waals surface area contributed by atoms with Crippen molar-refractivity contribution in [2.75, 3.05) is 7.11 Å². The summed E-state index contributed by atoms with van der Waals surface area (Å²) in [5.41, 5.74) is 0.629. The maximum Gasteiger partial charge on any atom is 0.250 e. The van der Waals surface area contributed by atoms with Crippen LogP contribution in [0.3, 0.4) is 0 Å². The topological polar surface area (TPSA) is 58.6 Å². The van der Waals surface area contributed by atoms with Gasteiger partial charge in [0.1, 0.15) is 11.8 Å². The molecular weight excluding hydrogens is 292 g/mol. The zero-order valence-electron chi connectivity index (χ0n) is 15.0. The summed E-state index contributed by atoms with van der Waals surface area (Å²) >= 11 is 0. The lowest BCUT2D eigenvalue weighted by atomic mass is 10.0. The van der Waals surface area contributed by atoms with Crippen molar-refractivity contribution < 1.29 is 14.3 Å². The van der Waals surface area contributed by atoms with Gasteiger partial charge in [-0.15, -0.1) is 0 Å². The van der Waals surface area contributed by atoms with Crippen molar-refractivity contribution in [3.05, 3.63) is 24.1 Å². The van der Waals surface area contributed by atoms with Crippen molar-refractivity contribution in [1.29, 1.82) is 0 Å². The first-order valence-corrected chi connectivity index (χ1v) is 8.42. The highest BCUT2D eigenvalue weighted by atomic mass is 16.5. The van der Waals surface area contributed by atoms with Gasteiger partial charge in [-0.3, -0.25) is 9.59 Å². The van der Waals surface area contributed by atoms with Gasteiger partial charge in [-0.1, -0.05) is 40.7 Å². The van der Waals surface area contributed by atoms with E-state index in [9.17, 15) is 9.59 Å². The van der Waals surface area contributed by atoms with Crippen LogP contribution in [0.2, 0.25) is 0 Å². The third-order valence-electron chi connectivity index (χ3n) is 3.96. The summed E-state index contributed by atoms with van der Waals surface area (Å²) in [4.78, 5) is 26.5. The van der Waals surface area contributed by atoms with E-state index in [2.05, 4.69) is 18.8 Å². The fraction of sp³-hybridized carbons (Fsp3) is 0.667. The van der Waals surface area contributed by atoms with Gasteiger partial charge in [0.15, 0.2) is 0 Å². The molecule has 0 spiro atoms. The van der Waals surface area contributed by atoms with Crippen molar-refractivity contribution in [3.63, 3.8) is 0 Å². The summed E-state index contributed by atoms with van der Waals surface area (Å²) in [6.45, 7) is 11.9. The van der Waals surface area contributed by atoms with E-state index in [1.807, 2.05) is 19.9 Å². The zero-order valence-corrected chi connectivity index (χ0v) is 15.0. The molecule has 0 aromatic rings. The van der Waals surface area contributed by atoms with Crippen molar-refractivity contribution >= 4 is 11.8 Å². The maximum absolute atomic E-state index is 13.1. The van der Waals surface area contributed by atoms with E-state index in [4.69, 9.17) is 4.74 Å². The molecule has 1 aliphatic rings. The summed E-state index contributed by atoms with van der Waals surface area (Å²) in [6.07, 6.45) is 4.52. The molecule has 1 rings (SSSR count). The second-order valence-electron chi connectivity index (χ2n) is 6.36. The average molecular weight is 322 g/mol. The molecule has 1 aliphatic heterocycles. The van der Waals surface area contributed by atoms with E-state index < -0.39 is 6.04 Å². The molecule has 0 aromatic heterocycles. The monoisotopic (exact) mass is 322 g/mol. The van der Waals surface area contributed by atoms with Gasteiger partial charge in [0.2, 0.25) is 11.8 Å². The molecule has 0 fully saturated rings. The molecule has 5 heteroatoms. The normalized spacial score (nSPS) is 18.9. The van der Waals surface area contributed by atoms with E-state index >= 15 is 0 Å². The number of hydrogen-bond donors (Lipinski definition) is 1. The van der Waals surface area contributed by atoms with Crippen LogP contribution in [0.4, 0.5) is 0 Å². The Balaban J connectivity index is 3.00. The number of methoxy groups -OCH3 is 1. The Morgan fingerprint density at radius 3 is 2.52 bits per heavy atom. The third-order valence-corrected chi connectivity index (χ3v) is 3.96. The van der Waals surface area contributed by atoms with Crippen LogP contribution in [0.1, 0.15) is 53.4 Å². The summed E-state index contributed by atoms with van der Waals surface area (Å²) in [7, 11) is 1.61. The Bertz CT molecular complexity index is 483. The van der Waals surface area contributed by atoms with Crippen LogP contribution < -0.4 is 5.32 Å². The highest BCUT2D eigenvalue weighted by molar-refractivity contribution is 5.89. The van der Waals surface area contributed by atoms with Crippen LogP contribution in [0.25, 0.3) is 0 Å². The smallest absolute Gasteiger partial charge is 0.250 e. The molecule has 5 nitrogen and oxygen atoms in total. The Morgan fingerprint density at radius 1 is 1.39 bits per heavy atom. The number of nitrogens with one attached hydrogen (secondary N) is 1. The van der Waals surface area contributed by atoms with E-state index in [0.29, 0.717) is 24.5 Å². The largest absolute Gasteiger partial charge is 0.499 e. The molecule has 0 unspecified atom stereocenters. The molecule has 0 saturated carbocycles. The Morgan fingerprint density at radius 2 is 2.04 bits per heavy atom. The standard InChI is InChI=1S/C18H30N2O3/c1-7-9-15-16(23-6)11-13(5)20(15)18(22)14(10-12(3)4)19-17(21)8-2/h11-12,14-15H,5,7-10H2,1-4,6H3,(H,19,21)/t14-,15+/m0/s1. The number of amides is 2. The molecule has 0 radical (unpaired) electrons. The first kappa shape index (κ1) is 19.3. The molecule has 2 amide bonds. The minimum absolute atomic E-state index is 0.104. The van der Waals surface area contributed by atoms with Crippen molar-refractivity contribution in [2.45, 2.75) is 65.5 Å².